The summed E-state index contributed by atoms with van der Waals surface area (Å²) < 4.78 is 27.0. The number of nitrogens with one attached hydrogen (secondary N) is 1. The highest BCUT2D eigenvalue weighted by molar-refractivity contribution is 7.91. The zero-order chi connectivity index (χ0) is 13.8. The molecule has 1 aromatic rings. The van der Waals surface area contributed by atoms with Crippen molar-refractivity contribution < 1.29 is 13.2 Å². The summed E-state index contributed by atoms with van der Waals surface area (Å²) in [4.78, 5) is 11.0. The van der Waals surface area contributed by atoms with Crippen molar-refractivity contribution in [3.05, 3.63) is 16.5 Å². The van der Waals surface area contributed by atoms with E-state index in [1.807, 2.05) is 13.8 Å². The summed E-state index contributed by atoms with van der Waals surface area (Å²) in [6.45, 7) is 3.86. The molecule has 0 saturated heterocycles. The average Bonchev–Trinajstić information content (AvgIpc) is 2.76. The van der Waals surface area contributed by atoms with E-state index in [-0.39, 0.29) is 10.1 Å². The van der Waals surface area contributed by atoms with Crippen molar-refractivity contribution in [2.45, 2.75) is 36.9 Å². The molecule has 0 amide bonds. The summed E-state index contributed by atoms with van der Waals surface area (Å²) in [5.41, 5.74) is 0. The Labute approximate surface area is 116 Å². The Morgan fingerprint density at radius 3 is 2.39 bits per heavy atom. The maximum absolute atomic E-state index is 12.0. The van der Waals surface area contributed by atoms with Crippen molar-refractivity contribution in [1.82, 2.24) is 4.72 Å². The molecule has 0 saturated carbocycles. The molecule has 0 radical (unpaired) electrons. The van der Waals surface area contributed by atoms with Crippen LogP contribution in [0.25, 0.3) is 0 Å². The molecule has 0 fully saturated rings. The first-order chi connectivity index (χ1) is 8.44. The van der Waals surface area contributed by atoms with E-state index in [4.69, 9.17) is 11.6 Å². The molecule has 102 valence electrons. The number of halogens is 1. The van der Waals surface area contributed by atoms with Gasteiger partial charge in [0, 0.05) is 0 Å². The third-order valence-corrected chi connectivity index (χ3v) is 5.99. The number of hydrogen-bond acceptors (Lipinski definition) is 4. The maximum Gasteiger partial charge on any atom is 0.250 e. The van der Waals surface area contributed by atoms with E-state index >= 15 is 0 Å². The topological polar surface area (TPSA) is 63.2 Å². The van der Waals surface area contributed by atoms with E-state index in [0.29, 0.717) is 10.6 Å². The minimum Gasteiger partial charge on any atom is -0.302 e. The van der Waals surface area contributed by atoms with E-state index < -0.39 is 16.1 Å². The highest BCUT2D eigenvalue weighted by Gasteiger charge is 2.25. The summed E-state index contributed by atoms with van der Waals surface area (Å²) in [6.07, 6.45) is 2.14. The van der Waals surface area contributed by atoms with Crippen LogP contribution in [0.15, 0.2) is 16.3 Å². The Morgan fingerprint density at radius 2 is 2.00 bits per heavy atom. The van der Waals surface area contributed by atoms with Gasteiger partial charge in [-0.15, -0.1) is 11.3 Å². The SMILES string of the molecule is CCC(CC)[C@@H](C=O)NS(=O)(=O)c1ccc(Cl)s1. The molecule has 18 heavy (non-hydrogen) atoms. The molecule has 0 aliphatic heterocycles. The van der Waals surface area contributed by atoms with Crippen LogP contribution in [0.3, 0.4) is 0 Å². The lowest BCUT2D eigenvalue weighted by Crippen LogP contribution is -2.40. The van der Waals surface area contributed by atoms with Crippen LogP contribution in [0.1, 0.15) is 26.7 Å². The molecule has 0 unspecified atom stereocenters. The fraction of sp³-hybridized carbons (Fsp3) is 0.545. The van der Waals surface area contributed by atoms with Gasteiger partial charge in [0.15, 0.2) is 0 Å². The molecule has 0 aliphatic rings. The standard InChI is InChI=1S/C11H16ClNO3S2/c1-3-8(4-2)9(7-14)13-18(15,16)11-6-5-10(12)17-11/h5-9,13H,3-4H2,1-2H3/t9-/m1/s1. The van der Waals surface area contributed by atoms with Crippen LogP contribution in [-0.4, -0.2) is 20.7 Å². The van der Waals surface area contributed by atoms with Crippen LogP contribution >= 0.6 is 22.9 Å². The van der Waals surface area contributed by atoms with Crippen molar-refractivity contribution in [2.75, 3.05) is 0 Å². The molecule has 4 nitrogen and oxygen atoms in total. The van der Waals surface area contributed by atoms with Gasteiger partial charge in [0.25, 0.3) is 10.0 Å². The largest absolute Gasteiger partial charge is 0.302 e. The first-order valence-corrected chi connectivity index (χ1v) is 8.35. The number of thiophene rings is 1. The smallest absolute Gasteiger partial charge is 0.250 e. The van der Waals surface area contributed by atoms with Crippen molar-refractivity contribution in [3.8, 4) is 0 Å². The molecule has 1 rings (SSSR count). The van der Waals surface area contributed by atoms with Gasteiger partial charge in [-0.1, -0.05) is 38.3 Å². The Morgan fingerprint density at radius 1 is 1.39 bits per heavy atom. The summed E-state index contributed by atoms with van der Waals surface area (Å²) >= 11 is 6.68. The minimum atomic E-state index is -3.66. The maximum atomic E-state index is 12.0. The molecule has 1 heterocycles. The molecule has 0 spiro atoms. The molecule has 0 aromatic carbocycles. The van der Waals surface area contributed by atoms with Gasteiger partial charge in [0.2, 0.25) is 0 Å². The molecule has 0 aliphatic carbocycles. The number of carbonyl (C=O) groups is 1. The molecule has 1 atom stereocenters. The molecule has 0 bridgehead atoms. The normalized spacial score (nSPS) is 13.8. The van der Waals surface area contributed by atoms with E-state index in [1.54, 1.807) is 0 Å². The summed E-state index contributed by atoms with van der Waals surface area (Å²) in [5.74, 6) is 0.00714. The summed E-state index contributed by atoms with van der Waals surface area (Å²) in [7, 11) is -3.66. The van der Waals surface area contributed by atoms with E-state index in [1.165, 1.54) is 12.1 Å². The Balaban J connectivity index is 2.90. The van der Waals surface area contributed by atoms with Gasteiger partial charge in [-0.25, -0.2) is 8.42 Å². The van der Waals surface area contributed by atoms with Gasteiger partial charge in [-0.3, -0.25) is 0 Å². The van der Waals surface area contributed by atoms with Gasteiger partial charge in [0.1, 0.15) is 10.5 Å². The molecular weight excluding hydrogens is 294 g/mol. The Bertz CT molecular complexity index is 494. The van der Waals surface area contributed by atoms with Crippen LogP contribution < -0.4 is 4.72 Å². The third kappa shape index (κ3) is 3.78. The molecular formula is C11H16ClNO3S2. The first-order valence-electron chi connectivity index (χ1n) is 5.67. The molecule has 7 heteroatoms. The Kier molecular flexibility index (Phi) is 5.78. The van der Waals surface area contributed by atoms with E-state index in [9.17, 15) is 13.2 Å². The van der Waals surface area contributed by atoms with Crippen molar-refractivity contribution in [1.29, 1.82) is 0 Å². The third-order valence-electron chi connectivity index (χ3n) is 2.81. The van der Waals surface area contributed by atoms with Crippen LogP contribution in [0.5, 0.6) is 0 Å². The summed E-state index contributed by atoms with van der Waals surface area (Å²) in [6, 6.07) is 2.27. The molecule has 1 N–H and O–H groups in total. The van der Waals surface area contributed by atoms with Gasteiger partial charge >= 0.3 is 0 Å². The van der Waals surface area contributed by atoms with Gasteiger partial charge in [-0.2, -0.15) is 4.72 Å². The van der Waals surface area contributed by atoms with Crippen LogP contribution in [0.2, 0.25) is 4.34 Å². The summed E-state index contributed by atoms with van der Waals surface area (Å²) in [5, 5.41) is 0. The lowest BCUT2D eigenvalue weighted by molar-refractivity contribution is -0.110. The zero-order valence-corrected chi connectivity index (χ0v) is 12.6. The monoisotopic (exact) mass is 309 g/mol. The van der Waals surface area contributed by atoms with Gasteiger partial charge < -0.3 is 4.79 Å². The second-order valence-corrected chi connectivity index (χ2v) is 7.57. The fourth-order valence-electron chi connectivity index (χ4n) is 1.71. The second kappa shape index (κ2) is 6.65. The lowest BCUT2D eigenvalue weighted by atomic mass is 9.96. The predicted octanol–water partition coefficient (Wildman–Crippen LogP) is 2.68. The fourth-order valence-corrected chi connectivity index (χ4v) is 4.45. The van der Waals surface area contributed by atoms with Crippen LogP contribution in [0, 0.1) is 5.92 Å². The Hall–Kier alpha value is -0.430. The van der Waals surface area contributed by atoms with Crippen molar-refractivity contribution in [2.24, 2.45) is 5.92 Å². The van der Waals surface area contributed by atoms with Gasteiger partial charge in [0.05, 0.1) is 10.4 Å². The lowest BCUT2D eigenvalue weighted by Gasteiger charge is -2.20. The zero-order valence-electron chi connectivity index (χ0n) is 10.2. The van der Waals surface area contributed by atoms with E-state index in [0.717, 1.165) is 24.2 Å². The molecule has 1 aromatic heterocycles. The minimum absolute atomic E-state index is 0.00714. The number of sulfonamides is 1. The van der Waals surface area contributed by atoms with E-state index in [2.05, 4.69) is 4.72 Å². The highest BCUT2D eigenvalue weighted by atomic mass is 35.5. The number of carbonyl (C=O) groups excluding carboxylic acids is 1. The van der Waals surface area contributed by atoms with Crippen LogP contribution in [-0.2, 0) is 14.8 Å². The first kappa shape index (κ1) is 15.6. The highest BCUT2D eigenvalue weighted by Crippen LogP contribution is 2.26. The predicted molar refractivity (Wildman–Crippen MR) is 73.6 cm³/mol. The van der Waals surface area contributed by atoms with Crippen molar-refractivity contribution in [3.63, 3.8) is 0 Å². The van der Waals surface area contributed by atoms with Crippen molar-refractivity contribution >= 4 is 39.2 Å². The number of rotatable bonds is 7. The van der Waals surface area contributed by atoms with Gasteiger partial charge in [-0.05, 0) is 18.1 Å². The number of hydrogen-bond donors (Lipinski definition) is 1. The second-order valence-electron chi connectivity index (χ2n) is 3.92. The number of aldehydes is 1. The van der Waals surface area contributed by atoms with Crippen LogP contribution in [0.4, 0.5) is 0 Å². The quantitative estimate of drug-likeness (QED) is 0.788. The average molecular weight is 310 g/mol.